The molecule has 32 heavy (non-hydrogen) atoms. The number of amides is 1. The summed E-state index contributed by atoms with van der Waals surface area (Å²) in [6.07, 6.45) is -4.51. The van der Waals surface area contributed by atoms with E-state index in [4.69, 9.17) is 4.74 Å². The van der Waals surface area contributed by atoms with Gasteiger partial charge in [-0.15, -0.1) is 0 Å². The Bertz CT molecular complexity index is 1120. The van der Waals surface area contributed by atoms with E-state index < -0.39 is 29.7 Å². The molecule has 0 saturated heterocycles. The van der Waals surface area contributed by atoms with Crippen molar-refractivity contribution < 1.29 is 27.5 Å². The van der Waals surface area contributed by atoms with Crippen molar-refractivity contribution in [2.45, 2.75) is 33.0 Å². The summed E-state index contributed by atoms with van der Waals surface area (Å²) in [5.41, 5.74) is 0.874. The van der Waals surface area contributed by atoms with Crippen LogP contribution in [0.5, 0.6) is 0 Å². The van der Waals surface area contributed by atoms with Gasteiger partial charge in [0, 0.05) is 16.8 Å². The van der Waals surface area contributed by atoms with Crippen LogP contribution in [0.1, 0.15) is 45.8 Å². The number of esters is 1. The van der Waals surface area contributed by atoms with Gasteiger partial charge in [-0.3, -0.25) is 4.79 Å². The first kappa shape index (κ1) is 23.1. The van der Waals surface area contributed by atoms with Crippen molar-refractivity contribution in [1.29, 1.82) is 0 Å². The van der Waals surface area contributed by atoms with Gasteiger partial charge in [-0.05, 0) is 51.1 Å². The second-order valence-corrected chi connectivity index (χ2v) is 7.07. The zero-order valence-corrected chi connectivity index (χ0v) is 17.7. The number of halogens is 3. The van der Waals surface area contributed by atoms with E-state index in [-0.39, 0.29) is 12.3 Å². The molecular formula is C23H22F3N3O3. The molecule has 6 nitrogen and oxygen atoms in total. The normalized spacial score (nSPS) is 12.3. The minimum absolute atomic E-state index is 0.0937. The van der Waals surface area contributed by atoms with Gasteiger partial charge in [-0.1, -0.05) is 24.3 Å². The summed E-state index contributed by atoms with van der Waals surface area (Å²) >= 11 is 0. The Kier molecular flexibility index (Phi) is 6.67. The van der Waals surface area contributed by atoms with Gasteiger partial charge in [0.2, 0.25) is 0 Å². The lowest BCUT2D eigenvalue weighted by Gasteiger charge is -2.18. The Morgan fingerprint density at radius 3 is 2.41 bits per heavy atom. The highest BCUT2D eigenvalue weighted by molar-refractivity contribution is 5.97. The Hall–Kier alpha value is -3.62. The molecule has 0 radical (unpaired) electrons. The van der Waals surface area contributed by atoms with Crippen LogP contribution in [0.25, 0.3) is 5.69 Å². The van der Waals surface area contributed by atoms with Crippen LogP contribution >= 0.6 is 0 Å². The molecule has 0 fully saturated rings. The lowest BCUT2D eigenvalue weighted by atomic mass is 10.0. The zero-order valence-electron chi connectivity index (χ0n) is 17.7. The second kappa shape index (κ2) is 9.25. The number of nitrogens with one attached hydrogen (secondary N) is 1. The third-order valence-electron chi connectivity index (χ3n) is 4.89. The molecule has 1 N–H and O–H groups in total. The van der Waals surface area contributed by atoms with Crippen LogP contribution in [0, 0.1) is 13.8 Å². The molecule has 1 amide bonds. The zero-order chi connectivity index (χ0) is 23.5. The van der Waals surface area contributed by atoms with Crippen LogP contribution in [0.15, 0.2) is 54.6 Å². The van der Waals surface area contributed by atoms with E-state index in [0.29, 0.717) is 22.5 Å². The minimum atomic E-state index is -4.51. The summed E-state index contributed by atoms with van der Waals surface area (Å²) in [6, 6.07) is 11.9. The van der Waals surface area contributed by atoms with Gasteiger partial charge in [0.1, 0.15) is 0 Å². The van der Waals surface area contributed by atoms with Crippen molar-refractivity contribution in [3.8, 4) is 5.69 Å². The number of benzene rings is 2. The number of nitrogens with zero attached hydrogens (tertiary/aromatic N) is 2. The smallest absolute Gasteiger partial charge is 0.416 e. The molecule has 9 heteroatoms. The Morgan fingerprint density at radius 1 is 1.09 bits per heavy atom. The number of carbonyl (C=O) groups excluding carboxylic acids is 2. The highest BCUT2D eigenvalue weighted by atomic mass is 19.4. The number of rotatable bonds is 6. The van der Waals surface area contributed by atoms with Crippen LogP contribution < -0.4 is 5.32 Å². The summed E-state index contributed by atoms with van der Waals surface area (Å²) in [6.45, 7) is 4.97. The van der Waals surface area contributed by atoms with Gasteiger partial charge in [0.15, 0.2) is 6.04 Å². The first-order valence-corrected chi connectivity index (χ1v) is 9.89. The number of ether oxygens (including phenoxy) is 1. The number of aromatic nitrogens is 2. The SMILES string of the molecule is CCOC(=O)[C@@H](NC(=O)c1ccccc1)c1c(C)nn(-c2cccc(C(F)(F)F)c2)c1C. The molecule has 0 saturated carbocycles. The average Bonchev–Trinajstić information content (AvgIpc) is 3.06. The van der Waals surface area contributed by atoms with E-state index in [9.17, 15) is 22.8 Å². The lowest BCUT2D eigenvalue weighted by Crippen LogP contribution is -2.35. The van der Waals surface area contributed by atoms with E-state index in [0.717, 1.165) is 12.1 Å². The molecule has 3 aromatic rings. The highest BCUT2D eigenvalue weighted by Crippen LogP contribution is 2.31. The maximum Gasteiger partial charge on any atom is 0.416 e. The standard InChI is InChI=1S/C23H22F3N3O3/c1-4-32-22(31)20(27-21(30)16-9-6-5-7-10-16)19-14(2)28-29(15(19)3)18-12-8-11-17(13-18)23(24,25)26/h5-13,20H,4H2,1-3H3,(H,27,30)/t20-/m0/s1. The van der Waals surface area contributed by atoms with Crippen LogP contribution in [-0.2, 0) is 15.7 Å². The van der Waals surface area contributed by atoms with E-state index in [1.807, 2.05) is 0 Å². The highest BCUT2D eigenvalue weighted by Gasteiger charge is 2.33. The molecule has 1 aromatic heterocycles. The lowest BCUT2D eigenvalue weighted by molar-refractivity contribution is -0.145. The van der Waals surface area contributed by atoms with Gasteiger partial charge in [0.25, 0.3) is 5.91 Å². The Balaban J connectivity index is 2.04. The maximum absolute atomic E-state index is 13.2. The van der Waals surface area contributed by atoms with Crippen LogP contribution in [0.2, 0.25) is 0 Å². The average molecular weight is 445 g/mol. The number of aryl methyl sites for hydroxylation is 1. The summed E-state index contributed by atoms with van der Waals surface area (Å²) < 4.78 is 45.9. The molecule has 1 heterocycles. The largest absolute Gasteiger partial charge is 0.464 e. The van der Waals surface area contributed by atoms with Crippen molar-refractivity contribution in [3.63, 3.8) is 0 Å². The van der Waals surface area contributed by atoms with Gasteiger partial charge < -0.3 is 10.1 Å². The van der Waals surface area contributed by atoms with Gasteiger partial charge in [-0.25, -0.2) is 9.48 Å². The summed E-state index contributed by atoms with van der Waals surface area (Å²) in [5.74, 6) is -1.18. The van der Waals surface area contributed by atoms with Crippen LogP contribution in [-0.4, -0.2) is 28.3 Å². The van der Waals surface area contributed by atoms with Gasteiger partial charge in [0.05, 0.1) is 23.6 Å². The van der Waals surface area contributed by atoms with Crippen molar-refractivity contribution in [2.75, 3.05) is 6.61 Å². The quantitative estimate of drug-likeness (QED) is 0.566. The Labute approximate surface area is 183 Å². The molecule has 3 rings (SSSR count). The predicted molar refractivity (Wildman–Crippen MR) is 111 cm³/mol. The predicted octanol–water partition coefficient (Wildman–Crippen LogP) is 4.54. The van der Waals surface area contributed by atoms with Crippen molar-refractivity contribution in [2.24, 2.45) is 0 Å². The third-order valence-corrected chi connectivity index (χ3v) is 4.89. The monoisotopic (exact) mass is 445 g/mol. The third kappa shape index (κ3) is 4.82. The fourth-order valence-electron chi connectivity index (χ4n) is 3.42. The second-order valence-electron chi connectivity index (χ2n) is 7.07. The van der Waals surface area contributed by atoms with Gasteiger partial charge in [-0.2, -0.15) is 18.3 Å². The molecule has 168 valence electrons. The minimum Gasteiger partial charge on any atom is -0.464 e. The molecule has 0 unspecified atom stereocenters. The Morgan fingerprint density at radius 2 is 1.78 bits per heavy atom. The number of hydrogen-bond donors (Lipinski definition) is 1. The van der Waals surface area contributed by atoms with E-state index in [2.05, 4.69) is 10.4 Å². The fourth-order valence-corrected chi connectivity index (χ4v) is 3.42. The topological polar surface area (TPSA) is 73.2 Å². The van der Waals surface area contributed by atoms with Crippen molar-refractivity contribution >= 4 is 11.9 Å². The number of alkyl halides is 3. The number of hydrogen-bond acceptors (Lipinski definition) is 4. The molecule has 0 spiro atoms. The summed E-state index contributed by atoms with van der Waals surface area (Å²) in [7, 11) is 0. The molecule has 2 aromatic carbocycles. The first-order chi connectivity index (χ1) is 15.1. The van der Waals surface area contributed by atoms with Crippen molar-refractivity contribution in [1.82, 2.24) is 15.1 Å². The van der Waals surface area contributed by atoms with E-state index in [1.54, 1.807) is 51.1 Å². The maximum atomic E-state index is 13.2. The van der Waals surface area contributed by atoms with E-state index >= 15 is 0 Å². The molecule has 1 atom stereocenters. The summed E-state index contributed by atoms with van der Waals surface area (Å²) in [4.78, 5) is 25.4. The number of carbonyl (C=O) groups is 2. The molecule has 0 aliphatic carbocycles. The first-order valence-electron chi connectivity index (χ1n) is 9.89. The molecule has 0 bridgehead atoms. The molecule has 0 aliphatic heterocycles. The van der Waals surface area contributed by atoms with Crippen LogP contribution in [0.4, 0.5) is 13.2 Å². The fraction of sp³-hybridized carbons (Fsp3) is 0.261. The van der Waals surface area contributed by atoms with E-state index in [1.165, 1.54) is 16.8 Å². The van der Waals surface area contributed by atoms with Crippen molar-refractivity contribution in [3.05, 3.63) is 82.7 Å². The molecule has 0 aliphatic rings. The molecular weight excluding hydrogens is 423 g/mol. The summed E-state index contributed by atoms with van der Waals surface area (Å²) in [5, 5.41) is 7.01. The van der Waals surface area contributed by atoms with Crippen LogP contribution in [0.3, 0.4) is 0 Å². The van der Waals surface area contributed by atoms with Gasteiger partial charge >= 0.3 is 12.1 Å².